The number of benzene rings is 1. The molecule has 1 N–H and O–H groups in total. The molecule has 8 heteroatoms. The van der Waals surface area contributed by atoms with E-state index in [1.54, 1.807) is 13.8 Å². The summed E-state index contributed by atoms with van der Waals surface area (Å²) in [5, 5.41) is 21.9. The van der Waals surface area contributed by atoms with E-state index in [-0.39, 0.29) is 21.5 Å². The fourth-order valence-corrected chi connectivity index (χ4v) is 1.80. The van der Waals surface area contributed by atoms with E-state index in [2.05, 4.69) is 5.32 Å². The summed E-state index contributed by atoms with van der Waals surface area (Å²) in [5.74, 6) is -0.714. The normalized spacial score (nSPS) is 11.8. The first kappa shape index (κ1) is 16.2. The second kappa shape index (κ2) is 6.55. The molecule has 0 aliphatic rings. The van der Waals surface area contributed by atoms with Gasteiger partial charge in [-0.2, -0.15) is 5.26 Å². The molecule has 0 saturated carbocycles. The quantitative estimate of drug-likeness (QED) is 0.681. The van der Waals surface area contributed by atoms with Crippen molar-refractivity contribution >= 4 is 34.8 Å². The molecule has 1 unspecified atom stereocenters. The zero-order valence-corrected chi connectivity index (χ0v) is 12.2. The van der Waals surface area contributed by atoms with Crippen molar-refractivity contribution in [2.45, 2.75) is 19.9 Å². The largest absolute Gasteiger partial charge is 0.336 e. The van der Waals surface area contributed by atoms with E-state index >= 15 is 0 Å². The third kappa shape index (κ3) is 3.59. The van der Waals surface area contributed by atoms with Crippen LogP contribution in [0.3, 0.4) is 0 Å². The summed E-state index contributed by atoms with van der Waals surface area (Å²) in [6, 6.07) is 3.49. The Bertz CT molecular complexity index is 596. The van der Waals surface area contributed by atoms with E-state index in [9.17, 15) is 14.9 Å². The van der Waals surface area contributed by atoms with Crippen LogP contribution in [0.25, 0.3) is 0 Å². The molecule has 1 aromatic carbocycles. The molecule has 0 aromatic heterocycles. The lowest BCUT2D eigenvalue weighted by Gasteiger charge is -2.15. The van der Waals surface area contributed by atoms with Gasteiger partial charge >= 0.3 is 0 Å². The van der Waals surface area contributed by atoms with Crippen LogP contribution < -0.4 is 5.32 Å². The van der Waals surface area contributed by atoms with Crippen LogP contribution in [0.15, 0.2) is 12.1 Å². The van der Waals surface area contributed by atoms with Gasteiger partial charge in [0, 0.05) is 11.6 Å². The molecule has 0 spiro atoms. The highest BCUT2D eigenvalue weighted by molar-refractivity contribution is 6.43. The average Bonchev–Trinajstić information content (AvgIpc) is 2.37. The van der Waals surface area contributed by atoms with Crippen molar-refractivity contribution in [3.8, 4) is 6.07 Å². The van der Waals surface area contributed by atoms with Gasteiger partial charge in [-0.1, -0.05) is 37.0 Å². The number of nitrogens with one attached hydrogen (secondary N) is 1. The minimum Gasteiger partial charge on any atom is -0.336 e. The molecule has 6 nitrogen and oxygen atoms in total. The third-order valence-electron chi connectivity index (χ3n) is 2.56. The number of carbonyl (C=O) groups is 1. The highest BCUT2D eigenvalue weighted by Gasteiger charge is 2.22. The summed E-state index contributed by atoms with van der Waals surface area (Å²) in [6.07, 6.45) is 0. The first-order valence-electron chi connectivity index (χ1n) is 5.61. The van der Waals surface area contributed by atoms with Gasteiger partial charge in [0.15, 0.2) is 0 Å². The molecule has 0 bridgehead atoms. The average molecular weight is 316 g/mol. The smallest absolute Gasteiger partial charge is 0.290 e. The van der Waals surface area contributed by atoms with Gasteiger partial charge in [0.1, 0.15) is 11.1 Å². The van der Waals surface area contributed by atoms with Gasteiger partial charge in [-0.15, -0.1) is 0 Å². The number of halogens is 2. The Labute approximate surface area is 125 Å². The molecule has 1 amide bonds. The van der Waals surface area contributed by atoms with Gasteiger partial charge in [0.25, 0.3) is 11.6 Å². The summed E-state index contributed by atoms with van der Waals surface area (Å²) in [4.78, 5) is 22.1. The highest BCUT2D eigenvalue weighted by atomic mass is 35.5. The zero-order valence-electron chi connectivity index (χ0n) is 10.7. The SMILES string of the molecule is CC(C)C(C#N)NC(=O)c1cc(Cl)c(Cl)c([N+](=O)[O-])c1. The van der Waals surface area contributed by atoms with Gasteiger partial charge in [-0.3, -0.25) is 14.9 Å². The van der Waals surface area contributed by atoms with Crippen molar-refractivity contribution < 1.29 is 9.72 Å². The minimum absolute atomic E-state index is 0.0213. The second-order valence-electron chi connectivity index (χ2n) is 4.37. The minimum atomic E-state index is -0.727. The Kier molecular flexibility index (Phi) is 5.31. The topological polar surface area (TPSA) is 96.0 Å². The van der Waals surface area contributed by atoms with Crippen molar-refractivity contribution in [3.63, 3.8) is 0 Å². The number of nitro groups is 1. The Morgan fingerprint density at radius 3 is 2.50 bits per heavy atom. The predicted octanol–water partition coefficient (Wildman–Crippen LogP) is 3.18. The van der Waals surface area contributed by atoms with Crippen molar-refractivity contribution in [1.82, 2.24) is 5.32 Å². The number of carbonyl (C=O) groups excluding carboxylic acids is 1. The molecule has 20 heavy (non-hydrogen) atoms. The molecule has 0 aliphatic carbocycles. The van der Waals surface area contributed by atoms with E-state index in [0.717, 1.165) is 6.07 Å². The van der Waals surface area contributed by atoms with Crippen LogP contribution in [0.4, 0.5) is 5.69 Å². The second-order valence-corrected chi connectivity index (χ2v) is 5.16. The van der Waals surface area contributed by atoms with E-state index in [4.69, 9.17) is 28.5 Å². The number of nitriles is 1. The highest BCUT2D eigenvalue weighted by Crippen LogP contribution is 2.33. The maximum Gasteiger partial charge on any atom is 0.290 e. The van der Waals surface area contributed by atoms with Crippen molar-refractivity contribution in [1.29, 1.82) is 5.26 Å². The van der Waals surface area contributed by atoms with Crippen LogP contribution in [0.1, 0.15) is 24.2 Å². The van der Waals surface area contributed by atoms with Gasteiger partial charge in [0.05, 0.1) is 16.0 Å². The van der Waals surface area contributed by atoms with Crippen molar-refractivity contribution in [2.75, 3.05) is 0 Å². The summed E-state index contributed by atoms with van der Waals surface area (Å²) < 4.78 is 0. The molecule has 0 radical (unpaired) electrons. The fraction of sp³-hybridized carbons (Fsp3) is 0.333. The van der Waals surface area contributed by atoms with Crippen LogP contribution in [0.5, 0.6) is 0 Å². The van der Waals surface area contributed by atoms with Gasteiger partial charge < -0.3 is 5.32 Å². The molecule has 0 heterocycles. The van der Waals surface area contributed by atoms with Crippen LogP contribution in [0.2, 0.25) is 10.0 Å². The molecular weight excluding hydrogens is 305 g/mol. The van der Waals surface area contributed by atoms with E-state index in [1.807, 2.05) is 6.07 Å². The summed E-state index contributed by atoms with van der Waals surface area (Å²) in [5.41, 5.74) is -0.477. The zero-order chi connectivity index (χ0) is 15.4. The van der Waals surface area contributed by atoms with Gasteiger partial charge in [-0.05, 0) is 12.0 Å². The maximum atomic E-state index is 12.0. The van der Waals surface area contributed by atoms with Gasteiger partial charge in [0.2, 0.25) is 0 Å². The van der Waals surface area contributed by atoms with Crippen LogP contribution in [-0.2, 0) is 0 Å². The monoisotopic (exact) mass is 315 g/mol. The predicted molar refractivity (Wildman–Crippen MR) is 74.8 cm³/mol. The number of hydrogen-bond donors (Lipinski definition) is 1. The lowest BCUT2D eigenvalue weighted by atomic mass is 10.1. The molecule has 0 fully saturated rings. The Balaban J connectivity index is 3.12. The first-order valence-corrected chi connectivity index (χ1v) is 6.37. The van der Waals surface area contributed by atoms with Crippen LogP contribution in [-0.4, -0.2) is 16.9 Å². The van der Waals surface area contributed by atoms with Crippen molar-refractivity contribution in [3.05, 3.63) is 37.9 Å². The van der Waals surface area contributed by atoms with E-state index < -0.39 is 22.6 Å². The number of nitro benzene ring substituents is 1. The summed E-state index contributed by atoms with van der Waals surface area (Å²) in [7, 11) is 0. The molecule has 0 saturated heterocycles. The number of nitrogens with zero attached hydrogens (tertiary/aromatic N) is 2. The summed E-state index contributed by atoms with van der Waals surface area (Å²) in [6.45, 7) is 3.54. The Hall–Kier alpha value is -1.84. The van der Waals surface area contributed by atoms with Gasteiger partial charge in [-0.25, -0.2) is 0 Å². The molecule has 0 aliphatic heterocycles. The Morgan fingerprint density at radius 1 is 1.45 bits per heavy atom. The van der Waals surface area contributed by atoms with Crippen molar-refractivity contribution in [2.24, 2.45) is 5.92 Å². The van der Waals surface area contributed by atoms with Crippen LogP contribution in [0, 0.1) is 27.4 Å². The Morgan fingerprint density at radius 2 is 2.05 bits per heavy atom. The van der Waals surface area contributed by atoms with E-state index in [0.29, 0.717) is 0 Å². The maximum absolute atomic E-state index is 12.0. The molecule has 106 valence electrons. The number of rotatable bonds is 4. The molecule has 1 rings (SSSR count). The molecular formula is C12H11Cl2N3O3. The molecule has 1 atom stereocenters. The lowest BCUT2D eigenvalue weighted by Crippen LogP contribution is -2.37. The van der Waals surface area contributed by atoms with E-state index in [1.165, 1.54) is 6.07 Å². The standard InChI is InChI=1S/C12H11Cl2N3O3/c1-6(2)9(5-15)16-12(18)7-3-8(13)11(14)10(4-7)17(19)20/h3-4,6,9H,1-2H3,(H,16,18). The number of hydrogen-bond acceptors (Lipinski definition) is 4. The lowest BCUT2D eigenvalue weighted by molar-refractivity contribution is -0.384. The number of amides is 1. The fourth-order valence-electron chi connectivity index (χ4n) is 1.41. The van der Waals surface area contributed by atoms with Crippen LogP contribution >= 0.6 is 23.2 Å². The first-order chi connectivity index (χ1) is 9.27. The summed E-state index contributed by atoms with van der Waals surface area (Å²) >= 11 is 11.4. The molecule has 1 aromatic rings. The third-order valence-corrected chi connectivity index (χ3v) is 3.35.